The Morgan fingerprint density at radius 1 is 1.24 bits per heavy atom. The Bertz CT molecular complexity index is 218. The molecule has 0 spiro atoms. The molecule has 8 heteroatoms. The number of unbranched alkanes of at least 4 members (excludes halogenated alkanes) is 1. The average Bonchev–Trinajstić information content (AvgIpc) is 2.17. The van der Waals surface area contributed by atoms with E-state index < -0.39 is 12.0 Å². The molecule has 0 fully saturated rings. The van der Waals surface area contributed by atoms with E-state index in [0.29, 0.717) is 13.0 Å². The second-order valence-electron chi connectivity index (χ2n) is 3.30. The van der Waals surface area contributed by atoms with Crippen LogP contribution in [0.5, 0.6) is 0 Å². The number of carboxylic acids is 1. The minimum absolute atomic E-state index is 0. The first-order chi connectivity index (χ1) is 7.07. The summed E-state index contributed by atoms with van der Waals surface area (Å²) < 4.78 is 0. The number of nitrogens with one attached hydrogen (secondary N) is 1. The highest BCUT2D eigenvalue weighted by molar-refractivity contribution is 5.85. The summed E-state index contributed by atoms with van der Waals surface area (Å²) in [4.78, 5) is 21.3. The summed E-state index contributed by atoms with van der Waals surface area (Å²) in [5, 5.41) is 12.5. The van der Waals surface area contributed by atoms with Gasteiger partial charge in [0.2, 0.25) is 5.91 Å². The normalized spacial score (nSPS) is 10.7. The Balaban J connectivity index is -0.000000980. The molecule has 0 saturated carbocycles. The van der Waals surface area contributed by atoms with Crippen LogP contribution in [-0.2, 0) is 9.59 Å². The van der Waals surface area contributed by atoms with Crippen molar-refractivity contribution in [1.29, 1.82) is 0 Å². The Morgan fingerprint density at radius 2 is 1.82 bits per heavy atom. The van der Waals surface area contributed by atoms with Crippen LogP contribution in [-0.4, -0.2) is 31.0 Å². The van der Waals surface area contributed by atoms with Gasteiger partial charge in [-0.3, -0.25) is 4.79 Å². The topological polar surface area (TPSA) is 121 Å². The Hall–Kier alpha value is -0.560. The van der Waals surface area contributed by atoms with Crippen molar-refractivity contribution in [2.24, 2.45) is 11.5 Å². The molecule has 0 rings (SSSR count). The summed E-state index contributed by atoms with van der Waals surface area (Å²) in [6.45, 7) is 0.644. The number of hydrogen-bond donors (Lipinski definition) is 3. The molecule has 1 atom stereocenters. The van der Waals surface area contributed by atoms with Gasteiger partial charge in [0.15, 0.2) is 0 Å². The summed E-state index contributed by atoms with van der Waals surface area (Å²) >= 11 is 0. The fourth-order valence-corrected chi connectivity index (χ4v) is 1.06. The highest BCUT2D eigenvalue weighted by Gasteiger charge is 2.11. The number of amides is 1. The third kappa shape index (κ3) is 13.4. The van der Waals surface area contributed by atoms with Crippen molar-refractivity contribution in [3.8, 4) is 0 Å². The van der Waals surface area contributed by atoms with E-state index in [2.05, 4.69) is 5.32 Å². The van der Waals surface area contributed by atoms with Crippen LogP contribution in [0.25, 0.3) is 0 Å². The molecule has 1 amide bonds. The van der Waals surface area contributed by atoms with Gasteiger partial charge in [-0.2, -0.15) is 0 Å². The van der Waals surface area contributed by atoms with Gasteiger partial charge in [0.05, 0.1) is 6.04 Å². The van der Waals surface area contributed by atoms with E-state index in [-0.39, 0.29) is 43.7 Å². The Labute approximate surface area is 113 Å². The van der Waals surface area contributed by atoms with Gasteiger partial charge in [-0.05, 0) is 19.4 Å². The molecular weight excluding hydrogens is 269 g/mol. The van der Waals surface area contributed by atoms with E-state index in [1.807, 2.05) is 0 Å². The molecule has 0 aromatic rings. The van der Waals surface area contributed by atoms with Crippen molar-refractivity contribution in [3.05, 3.63) is 0 Å². The molecule has 0 aliphatic rings. The van der Waals surface area contributed by atoms with Crippen molar-refractivity contribution in [1.82, 2.24) is 5.32 Å². The van der Waals surface area contributed by atoms with Gasteiger partial charge in [-0.15, -0.1) is 24.8 Å². The second kappa shape index (κ2) is 13.5. The number of hydrogen-bond acceptors (Lipinski definition) is 5. The molecule has 0 aromatic carbocycles. The number of nitrogens with two attached hydrogens (primary N) is 2. The number of carboxylic acid groups (broad SMARTS) is 1. The average molecular weight is 289 g/mol. The molecule has 0 radical (unpaired) electrons. The molecule has 0 bridgehead atoms. The van der Waals surface area contributed by atoms with E-state index in [1.54, 1.807) is 0 Å². The highest BCUT2D eigenvalue weighted by Crippen LogP contribution is 1.97. The summed E-state index contributed by atoms with van der Waals surface area (Å²) in [5.74, 6) is -1.51. The monoisotopic (exact) mass is 288 g/mol. The minimum atomic E-state index is -1.19. The van der Waals surface area contributed by atoms with E-state index in [1.165, 1.54) is 0 Å². The largest absolute Gasteiger partial charge is 0.550 e. The van der Waals surface area contributed by atoms with Gasteiger partial charge in [-0.1, -0.05) is 6.42 Å². The number of aliphatic carboxylic acids is 1. The van der Waals surface area contributed by atoms with Crippen LogP contribution in [0.2, 0.25) is 0 Å². The van der Waals surface area contributed by atoms with Gasteiger partial charge in [0, 0.05) is 18.9 Å². The molecule has 0 saturated heterocycles. The van der Waals surface area contributed by atoms with Crippen LogP contribution in [0.1, 0.15) is 25.7 Å². The second-order valence-corrected chi connectivity index (χ2v) is 3.30. The fourth-order valence-electron chi connectivity index (χ4n) is 1.06. The lowest BCUT2D eigenvalue weighted by Crippen LogP contribution is -2.42. The summed E-state index contributed by atoms with van der Waals surface area (Å²) in [6, 6.07) is -0.585. The van der Waals surface area contributed by atoms with Crippen LogP contribution in [0.4, 0.5) is 0 Å². The smallest absolute Gasteiger partial charge is 0.236 e. The van der Waals surface area contributed by atoms with Crippen molar-refractivity contribution in [3.63, 3.8) is 0 Å². The zero-order valence-corrected chi connectivity index (χ0v) is 11.1. The minimum Gasteiger partial charge on any atom is -0.550 e. The zero-order valence-electron chi connectivity index (χ0n) is 9.52. The molecule has 0 heterocycles. The first kappa shape index (κ1) is 21.7. The van der Waals surface area contributed by atoms with Crippen LogP contribution in [0.15, 0.2) is 0 Å². The maximum Gasteiger partial charge on any atom is 0.236 e. The summed E-state index contributed by atoms with van der Waals surface area (Å²) in [7, 11) is 0. The van der Waals surface area contributed by atoms with E-state index in [4.69, 9.17) is 11.5 Å². The highest BCUT2D eigenvalue weighted by atomic mass is 35.5. The van der Waals surface area contributed by atoms with Crippen LogP contribution in [0, 0.1) is 0 Å². The van der Waals surface area contributed by atoms with Gasteiger partial charge in [-0.25, -0.2) is 0 Å². The standard InChI is InChI=1S/C9H19N3O3.2ClH/c10-5-2-1-3-7(11)9(15)12-6-4-8(13)14;;/h7H,1-6,10-11H2,(H,12,15)(H,13,14);2*1H/p-1. The third-order valence-electron chi connectivity index (χ3n) is 1.93. The number of halogens is 2. The van der Waals surface area contributed by atoms with E-state index in [9.17, 15) is 14.7 Å². The molecule has 6 nitrogen and oxygen atoms in total. The maximum absolute atomic E-state index is 11.2. The van der Waals surface area contributed by atoms with Crippen molar-refractivity contribution in [2.75, 3.05) is 13.1 Å². The summed E-state index contributed by atoms with van der Waals surface area (Å²) in [5.41, 5.74) is 10.8. The predicted molar refractivity (Wildman–Crippen MR) is 68.0 cm³/mol. The van der Waals surface area contributed by atoms with Crippen molar-refractivity contribution < 1.29 is 14.7 Å². The molecule has 0 aliphatic heterocycles. The molecule has 1 unspecified atom stereocenters. The van der Waals surface area contributed by atoms with Crippen LogP contribution in [0.3, 0.4) is 0 Å². The molecule has 104 valence electrons. The van der Waals surface area contributed by atoms with Gasteiger partial charge < -0.3 is 26.7 Å². The Morgan fingerprint density at radius 3 is 2.29 bits per heavy atom. The molecule has 17 heavy (non-hydrogen) atoms. The predicted octanol–water partition coefficient (Wildman–Crippen LogP) is -1.46. The van der Waals surface area contributed by atoms with Gasteiger partial charge in [0.25, 0.3) is 0 Å². The van der Waals surface area contributed by atoms with Gasteiger partial charge >= 0.3 is 0 Å². The van der Waals surface area contributed by atoms with Crippen molar-refractivity contribution in [2.45, 2.75) is 31.7 Å². The lowest BCUT2D eigenvalue weighted by molar-refractivity contribution is -0.305. The first-order valence-corrected chi connectivity index (χ1v) is 5.01. The summed E-state index contributed by atoms with van der Waals surface area (Å²) in [6.07, 6.45) is 2.00. The number of carbonyl (C=O) groups is 2. The lowest BCUT2D eigenvalue weighted by Gasteiger charge is -2.11. The fraction of sp³-hybridized carbons (Fsp3) is 0.778. The van der Waals surface area contributed by atoms with E-state index in [0.717, 1.165) is 12.8 Å². The molecule has 0 aliphatic carbocycles. The molecule has 0 aromatic heterocycles. The van der Waals surface area contributed by atoms with E-state index >= 15 is 0 Å². The van der Waals surface area contributed by atoms with Gasteiger partial charge in [0.1, 0.15) is 0 Å². The van der Waals surface area contributed by atoms with Crippen molar-refractivity contribution >= 4 is 36.7 Å². The Kier molecular flexibility index (Phi) is 17.2. The van der Waals surface area contributed by atoms with Crippen LogP contribution >= 0.6 is 24.8 Å². The number of rotatable bonds is 8. The molecular formula is C9H20Cl2N3O3-. The SMILES string of the molecule is Cl.Cl.NCCCCC(N)C(=O)NCCC(=O)[O-]. The first-order valence-electron chi connectivity index (χ1n) is 5.01. The molecule has 5 N–H and O–H groups in total. The third-order valence-corrected chi connectivity index (χ3v) is 1.93. The van der Waals surface area contributed by atoms with Crippen LogP contribution < -0.4 is 21.9 Å². The quantitative estimate of drug-likeness (QED) is 0.472. The number of carbonyl (C=O) groups excluding carboxylic acids is 2. The zero-order chi connectivity index (χ0) is 11.7. The maximum atomic E-state index is 11.2. The lowest BCUT2D eigenvalue weighted by atomic mass is 10.1.